The van der Waals surface area contributed by atoms with Gasteiger partial charge >= 0.3 is 0 Å². The van der Waals surface area contributed by atoms with Crippen molar-refractivity contribution in [3.63, 3.8) is 0 Å². The van der Waals surface area contributed by atoms with E-state index in [9.17, 15) is 27.6 Å². The number of nitrogens with one attached hydrogen (secondary N) is 3. The maximum absolute atomic E-state index is 14.6. The molecule has 2 aromatic carbocycles. The zero-order chi connectivity index (χ0) is 38.3. The molecule has 2 aromatic heterocycles. The van der Waals surface area contributed by atoms with E-state index in [-0.39, 0.29) is 25.1 Å². The number of benzene rings is 2. The van der Waals surface area contributed by atoms with Gasteiger partial charge in [0.1, 0.15) is 29.4 Å². The number of rotatable bonds is 7. The standard InChI is InChI=1S/C40H43N7O7S/c1-24-21-42-33(22-41-24)35(48)43-32-16-6-4-2-3-5-11-25-20-40(25,39(51)46-55(52,53)27-17-18-27)45-36(49)34-19-26(23-47(34)38(32)50)54-37-30-14-8-7-12-28(30)29-13-9-10-15-31(29)44-37/h5,7-15,21-22,25-27,32,34H,2-4,6,16-20,23H2,1H3,(H,43,48)(H,45,49)(H,46,51)/b11-5+/t25-,26-,32+,34+,40-/m1/s1. The van der Waals surface area contributed by atoms with Gasteiger partial charge in [-0.2, -0.15) is 0 Å². The monoisotopic (exact) mass is 765 g/mol. The Balaban J connectivity index is 1.12. The fraction of sp³-hybridized carbons (Fsp3) is 0.425. The molecule has 286 valence electrons. The number of hydrogen-bond acceptors (Lipinski definition) is 10. The van der Waals surface area contributed by atoms with Gasteiger partial charge in [-0.3, -0.25) is 28.9 Å². The third kappa shape index (κ3) is 7.49. The van der Waals surface area contributed by atoms with Crippen molar-refractivity contribution in [2.24, 2.45) is 5.92 Å². The molecule has 0 unspecified atom stereocenters. The summed E-state index contributed by atoms with van der Waals surface area (Å²) in [5.41, 5.74) is -0.0889. The van der Waals surface area contributed by atoms with Crippen LogP contribution in [0, 0.1) is 12.8 Å². The first kappa shape index (κ1) is 36.5. The lowest BCUT2D eigenvalue weighted by Gasteiger charge is -2.29. The number of hydrogen-bond donors (Lipinski definition) is 3. The van der Waals surface area contributed by atoms with Crippen molar-refractivity contribution < 1.29 is 32.3 Å². The van der Waals surface area contributed by atoms with Crippen LogP contribution in [-0.4, -0.2) is 87.4 Å². The van der Waals surface area contributed by atoms with E-state index in [1.165, 1.54) is 17.3 Å². The highest BCUT2D eigenvalue weighted by molar-refractivity contribution is 7.91. The van der Waals surface area contributed by atoms with Gasteiger partial charge in [0.25, 0.3) is 11.8 Å². The second-order valence-electron chi connectivity index (χ2n) is 15.0. The lowest BCUT2D eigenvalue weighted by atomic mass is 10.0. The lowest BCUT2D eigenvalue weighted by molar-refractivity contribution is -0.141. The molecule has 4 heterocycles. The highest BCUT2D eigenvalue weighted by Crippen LogP contribution is 2.46. The molecular formula is C40H43N7O7S. The maximum atomic E-state index is 14.6. The Kier molecular flexibility index (Phi) is 9.74. The molecule has 5 atom stereocenters. The second-order valence-corrected chi connectivity index (χ2v) is 17.0. The molecule has 3 fully saturated rings. The highest BCUT2D eigenvalue weighted by Gasteiger charge is 2.62. The number of fused-ring (bicyclic) bond motifs is 5. The quantitative estimate of drug-likeness (QED) is 0.185. The molecule has 14 nitrogen and oxygen atoms in total. The van der Waals surface area contributed by atoms with Crippen LogP contribution in [0.25, 0.3) is 21.7 Å². The minimum atomic E-state index is -3.89. The molecule has 0 bridgehead atoms. The van der Waals surface area contributed by atoms with Gasteiger partial charge in [-0.05, 0) is 63.0 Å². The van der Waals surface area contributed by atoms with Gasteiger partial charge in [0.2, 0.25) is 27.7 Å². The number of carbonyl (C=O) groups is 4. The summed E-state index contributed by atoms with van der Waals surface area (Å²) in [6.45, 7) is 1.75. The number of aromatic nitrogens is 3. The molecule has 8 rings (SSSR count). The molecule has 2 aliphatic heterocycles. The molecule has 55 heavy (non-hydrogen) atoms. The van der Waals surface area contributed by atoms with E-state index in [1.807, 2.05) is 60.7 Å². The van der Waals surface area contributed by atoms with Gasteiger partial charge in [0.05, 0.1) is 29.2 Å². The number of nitrogens with zero attached hydrogens (tertiary/aromatic N) is 4. The number of pyridine rings is 1. The van der Waals surface area contributed by atoms with E-state index in [0.29, 0.717) is 43.7 Å². The molecule has 4 aromatic rings. The SMILES string of the molecule is Cc1cnc(C(=O)N[C@H]2CCCCC/C=C/[C@@H]3C[C@@]3(C(=O)NS(=O)(=O)C3CC3)NC(=O)[C@@H]3C[C@@H](Oc4nc5ccccc5c5ccccc45)CN3C2=O)cn1. The summed E-state index contributed by atoms with van der Waals surface area (Å²) in [5, 5.41) is 7.79. The molecule has 15 heteroatoms. The van der Waals surface area contributed by atoms with Crippen LogP contribution in [-0.2, 0) is 24.4 Å². The Morgan fingerprint density at radius 1 is 0.945 bits per heavy atom. The van der Waals surface area contributed by atoms with Gasteiger partial charge in [-0.15, -0.1) is 0 Å². The molecular weight excluding hydrogens is 723 g/mol. The van der Waals surface area contributed by atoms with Crippen molar-refractivity contribution in [1.82, 2.24) is 35.2 Å². The van der Waals surface area contributed by atoms with Crippen molar-refractivity contribution in [3.05, 3.63) is 84.5 Å². The topological polar surface area (TPSA) is 190 Å². The highest BCUT2D eigenvalue weighted by atomic mass is 32.2. The van der Waals surface area contributed by atoms with E-state index < -0.39 is 68.5 Å². The van der Waals surface area contributed by atoms with Crippen molar-refractivity contribution >= 4 is 55.3 Å². The van der Waals surface area contributed by atoms with E-state index in [4.69, 9.17) is 9.72 Å². The van der Waals surface area contributed by atoms with Crippen LogP contribution in [0.3, 0.4) is 0 Å². The predicted octanol–water partition coefficient (Wildman–Crippen LogP) is 3.64. The van der Waals surface area contributed by atoms with E-state index in [2.05, 4.69) is 25.3 Å². The summed E-state index contributed by atoms with van der Waals surface area (Å²) in [5.74, 6) is -2.52. The second kappa shape index (κ2) is 14.7. The Morgan fingerprint density at radius 2 is 1.71 bits per heavy atom. The summed E-state index contributed by atoms with van der Waals surface area (Å²) in [7, 11) is -3.89. The van der Waals surface area contributed by atoms with E-state index in [1.54, 1.807) is 6.92 Å². The molecule has 2 saturated carbocycles. The maximum Gasteiger partial charge on any atom is 0.272 e. The van der Waals surface area contributed by atoms with Crippen molar-refractivity contribution in [3.8, 4) is 5.88 Å². The van der Waals surface area contributed by atoms with Crippen LogP contribution in [0.1, 0.15) is 74.0 Å². The minimum absolute atomic E-state index is 0.00491. The zero-order valence-electron chi connectivity index (χ0n) is 30.4. The van der Waals surface area contributed by atoms with Crippen LogP contribution in [0.2, 0.25) is 0 Å². The normalized spacial score (nSPS) is 26.5. The lowest BCUT2D eigenvalue weighted by Crippen LogP contribution is -2.58. The third-order valence-electron chi connectivity index (χ3n) is 11.0. The molecule has 0 radical (unpaired) electrons. The molecule has 4 amide bonds. The summed E-state index contributed by atoms with van der Waals surface area (Å²) >= 11 is 0. The van der Waals surface area contributed by atoms with Crippen molar-refractivity contribution in [1.29, 1.82) is 0 Å². The van der Waals surface area contributed by atoms with Crippen LogP contribution in [0.4, 0.5) is 0 Å². The zero-order valence-corrected chi connectivity index (χ0v) is 31.3. The average molecular weight is 766 g/mol. The molecule has 1 saturated heterocycles. The van der Waals surface area contributed by atoms with Gasteiger partial charge in [-0.1, -0.05) is 61.4 Å². The molecule has 0 spiro atoms. The number of aryl methyl sites for hydroxylation is 1. The molecule has 2 aliphatic carbocycles. The van der Waals surface area contributed by atoms with E-state index >= 15 is 0 Å². The fourth-order valence-electron chi connectivity index (χ4n) is 7.71. The summed E-state index contributed by atoms with van der Waals surface area (Å²) in [4.78, 5) is 70.9. The van der Waals surface area contributed by atoms with Crippen LogP contribution < -0.4 is 20.1 Å². The Bertz CT molecular complexity index is 2310. The summed E-state index contributed by atoms with van der Waals surface area (Å²) in [6, 6.07) is 13.3. The number of amides is 4. The van der Waals surface area contributed by atoms with Gasteiger partial charge in [0.15, 0.2) is 0 Å². The third-order valence-corrected chi connectivity index (χ3v) is 12.8. The van der Waals surface area contributed by atoms with Crippen LogP contribution >= 0.6 is 0 Å². The Labute approximate surface area is 318 Å². The first-order valence-corrected chi connectivity index (χ1v) is 20.5. The van der Waals surface area contributed by atoms with Crippen LogP contribution in [0.5, 0.6) is 5.88 Å². The number of ether oxygens (including phenoxy) is 1. The van der Waals surface area contributed by atoms with E-state index in [0.717, 1.165) is 34.5 Å². The largest absolute Gasteiger partial charge is 0.472 e. The average Bonchev–Trinajstić information content (AvgIpc) is 4.11. The first-order chi connectivity index (χ1) is 26.5. The van der Waals surface area contributed by atoms with Gasteiger partial charge < -0.3 is 20.3 Å². The number of sulfonamides is 1. The summed E-state index contributed by atoms with van der Waals surface area (Å²) in [6.07, 6.45) is 10.4. The number of para-hydroxylation sites is 1. The van der Waals surface area contributed by atoms with Gasteiger partial charge in [0, 0.05) is 29.3 Å². The van der Waals surface area contributed by atoms with Gasteiger partial charge in [-0.25, -0.2) is 18.4 Å². The minimum Gasteiger partial charge on any atom is -0.472 e. The molecule has 4 aliphatic rings. The fourth-order valence-corrected chi connectivity index (χ4v) is 9.07. The molecule has 3 N–H and O–H groups in total. The summed E-state index contributed by atoms with van der Waals surface area (Å²) < 4.78 is 34.6. The van der Waals surface area contributed by atoms with Crippen LogP contribution in [0.15, 0.2) is 73.1 Å². The smallest absolute Gasteiger partial charge is 0.272 e. The number of allylic oxidation sites excluding steroid dienone is 1. The first-order valence-electron chi connectivity index (χ1n) is 18.9. The van der Waals surface area contributed by atoms with Crippen molar-refractivity contribution in [2.45, 2.75) is 93.7 Å². The van der Waals surface area contributed by atoms with Crippen molar-refractivity contribution in [2.75, 3.05) is 6.54 Å². The number of carbonyl (C=O) groups excluding carboxylic acids is 4. The Hall–Kier alpha value is -5.44. The Morgan fingerprint density at radius 3 is 2.47 bits per heavy atom. The predicted molar refractivity (Wildman–Crippen MR) is 203 cm³/mol.